The monoisotopic (exact) mass is 381 g/mol. The van der Waals surface area contributed by atoms with Crippen LogP contribution in [-0.4, -0.2) is 36.9 Å². The van der Waals surface area contributed by atoms with Crippen LogP contribution in [0, 0.1) is 0 Å². The van der Waals surface area contributed by atoms with E-state index >= 15 is 0 Å². The van der Waals surface area contributed by atoms with Gasteiger partial charge in [0.25, 0.3) is 0 Å². The molecular formula is C14H19N7O6. The van der Waals surface area contributed by atoms with Crippen molar-refractivity contribution in [2.75, 3.05) is 11.5 Å². The second-order valence-electron chi connectivity index (χ2n) is 4.24. The molecule has 0 aromatic carbocycles. The molecule has 0 atom stereocenters. The average molecular weight is 381 g/mol. The molecule has 13 heteroatoms. The van der Waals surface area contributed by atoms with Crippen LogP contribution in [0.4, 0.5) is 11.6 Å². The number of aromatic carboxylic acids is 1. The number of carbonyl (C=O) groups is 1. The van der Waals surface area contributed by atoms with Gasteiger partial charge in [0.2, 0.25) is 0 Å². The molecule has 3 aromatic heterocycles. The van der Waals surface area contributed by atoms with E-state index in [4.69, 9.17) is 11.5 Å². The number of rotatable bonds is 1. The third-order valence-corrected chi connectivity index (χ3v) is 2.35. The molecule has 13 nitrogen and oxygen atoms in total. The number of aromatic amines is 3. The molecule has 0 unspecified atom stereocenters. The van der Waals surface area contributed by atoms with E-state index in [2.05, 4.69) is 24.9 Å². The van der Waals surface area contributed by atoms with E-state index in [9.17, 15) is 19.5 Å². The molecule has 27 heavy (non-hydrogen) atoms. The first-order chi connectivity index (χ1) is 11.9. The number of aromatic nitrogens is 5. The van der Waals surface area contributed by atoms with Crippen molar-refractivity contribution in [3.63, 3.8) is 0 Å². The normalized spacial score (nSPS) is 8.30. The highest BCUT2D eigenvalue weighted by Gasteiger charge is 1.89. The van der Waals surface area contributed by atoms with Crippen LogP contribution in [0.5, 0.6) is 0 Å². The fraction of sp³-hybridized carbons (Fsp3) is 0. The number of nitrogens with one attached hydrogen (secondary N) is 3. The molecule has 0 bridgehead atoms. The molecule has 0 saturated heterocycles. The van der Waals surface area contributed by atoms with Gasteiger partial charge in [0.1, 0.15) is 5.82 Å². The average Bonchev–Trinajstić information content (AvgIpc) is 2.56. The first-order valence-electron chi connectivity index (χ1n) is 6.67. The summed E-state index contributed by atoms with van der Waals surface area (Å²) < 4.78 is 0. The molecule has 0 radical (unpaired) electrons. The second-order valence-corrected chi connectivity index (χ2v) is 4.24. The molecule has 3 aromatic rings. The number of carbonyl (C=O) groups excluding carboxylic acids is 1. The Hall–Kier alpha value is -4.10. The lowest BCUT2D eigenvalue weighted by atomic mass is 10.3. The van der Waals surface area contributed by atoms with Crippen LogP contribution in [0.1, 0.15) is 10.4 Å². The summed E-state index contributed by atoms with van der Waals surface area (Å²) in [6, 6.07) is 5.85. The fourth-order valence-electron chi connectivity index (χ4n) is 1.29. The van der Waals surface area contributed by atoms with E-state index in [1.807, 2.05) is 0 Å². The van der Waals surface area contributed by atoms with E-state index in [1.54, 1.807) is 6.07 Å². The molecule has 146 valence electrons. The lowest BCUT2D eigenvalue weighted by molar-refractivity contribution is -0.402. The number of hydrogen-bond acceptors (Lipinski definition) is 8. The van der Waals surface area contributed by atoms with Crippen molar-refractivity contribution in [1.82, 2.24) is 19.9 Å². The number of H-pyrrole nitrogens is 3. The van der Waals surface area contributed by atoms with Crippen LogP contribution < -0.4 is 32.9 Å². The Morgan fingerprint density at radius 3 is 1.89 bits per heavy atom. The van der Waals surface area contributed by atoms with Gasteiger partial charge in [-0.25, -0.2) is 14.8 Å². The summed E-state index contributed by atoms with van der Waals surface area (Å²) in [4.78, 5) is 44.6. The van der Waals surface area contributed by atoms with Gasteiger partial charge in [-0.2, -0.15) is 9.78 Å². The molecule has 11 N–H and O–H groups in total. The minimum absolute atomic E-state index is 0. The zero-order valence-electron chi connectivity index (χ0n) is 13.8. The van der Waals surface area contributed by atoms with Crippen molar-refractivity contribution in [1.29, 1.82) is 0 Å². The van der Waals surface area contributed by atoms with Crippen molar-refractivity contribution in [2.24, 2.45) is 0 Å². The predicted molar refractivity (Wildman–Crippen MR) is 93.1 cm³/mol. The van der Waals surface area contributed by atoms with Crippen LogP contribution in [0.2, 0.25) is 0 Å². The largest absolute Gasteiger partial charge is 0.545 e. The number of nitrogens with zero attached hydrogens (tertiary/aromatic N) is 2. The Morgan fingerprint density at radius 1 is 0.963 bits per heavy atom. The third kappa shape index (κ3) is 11.1. The van der Waals surface area contributed by atoms with Crippen molar-refractivity contribution in [2.45, 2.75) is 0 Å². The lowest BCUT2D eigenvalue weighted by Gasteiger charge is -1.97. The minimum Gasteiger partial charge on any atom is -0.545 e. The number of carboxylic acids is 1. The van der Waals surface area contributed by atoms with Crippen LogP contribution >= 0.6 is 0 Å². The van der Waals surface area contributed by atoms with Crippen molar-refractivity contribution in [3.05, 3.63) is 75.6 Å². The van der Waals surface area contributed by atoms with E-state index in [0.717, 1.165) is 0 Å². The van der Waals surface area contributed by atoms with Gasteiger partial charge in [0.05, 0.1) is 12.2 Å². The Kier molecular flexibility index (Phi) is 12.3. The van der Waals surface area contributed by atoms with Gasteiger partial charge in [-0.05, 0) is 18.2 Å². The maximum atomic E-state index is 10.3. The lowest BCUT2D eigenvalue weighted by Crippen LogP contribution is -2.28. The molecule has 0 spiro atoms. The number of anilines is 2. The maximum Gasteiger partial charge on any atom is 0.495 e. The predicted octanol–water partition coefficient (Wildman–Crippen LogP) is -4.08. The highest BCUT2D eigenvalue weighted by atomic mass is 16.4. The summed E-state index contributed by atoms with van der Waals surface area (Å²) in [5.41, 5.74) is 9.80. The van der Waals surface area contributed by atoms with Crippen molar-refractivity contribution in [3.8, 4) is 0 Å². The number of nitrogens with two attached hydrogens (primary N) is 2. The van der Waals surface area contributed by atoms with Crippen LogP contribution in [0.15, 0.2) is 58.6 Å². The summed E-state index contributed by atoms with van der Waals surface area (Å²) in [5, 5.41) is 10.1. The molecule has 0 saturated carbocycles. The Bertz CT molecular complexity index is 862. The van der Waals surface area contributed by atoms with Gasteiger partial charge in [-0.15, -0.1) is 0 Å². The van der Waals surface area contributed by atoms with Crippen LogP contribution in [0.3, 0.4) is 0 Å². The van der Waals surface area contributed by atoms with Crippen LogP contribution in [-0.2, 0) is 0 Å². The summed E-state index contributed by atoms with van der Waals surface area (Å²) in [5.74, 6) is -0.462. The van der Waals surface area contributed by atoms with Crippen molar-refractivity contribution < 1.29 is 25.8 Å². The molecule has 0 amide bonds. The van der Waals surface area contributed by atoms with Crippen molar-refractivity contribution >= 4 is 17.6 Å². The summed E-state index contributed by atoms with van der Waals surface area (Å²) in [6.45, 7) is 0. The smallest absolute Gasteiger partial charge is 0.495 e. The number of hydrogen-bond donors (Lipinski definition) is 4. The quantitative estimate of drug-likeness (QED) is 0.321. The van der Waals surface area contributed by atoms with E-state index in [-0.39, 0.29) is 22.2 Å². The number of pyridine rings is 1. The highest BCUT2D eigenvalue weighted by Crippen LogP contribution is 1.91. The van der Waals surface area contributed by atoms with Gasteiger partial charge in [0.15, 0.2) is 5.82 Å². The fourth-order valence-corrected chi connectivity index (χ4v) is 1.29. The van der Waals surface area contributed by atoms with Gasteiger partial charge in [-0.3, -0.25) is 9.97 Å². The standard InChI is InChI=1S/C6H5NO2.2C4H5N3O.2H2O/c8-6(9)5-1-3-7-4-2-5;2*5-3-1-2-6-4(8)7-3;;/h1-4H,(H,8,9);2*1-2H,(H3,5,6,7,8);2*1H2. The van der Waals surface area contributed by atoms with E-state index in [1.165, 1.54) is 43.0 Å². The molecule has 3 rings (SSSR count). The highest BCUT2D eigenvalue weighted by molar-refractivity contribution is 5.85. The Balaban J connectivity index is 0. The molecule has 0 aliphatic carbocycles. The molecule has 0 aliphatic rings. The number of carboxylic acid groups (broad SMARTS) is 1. The summed E-state index contributed by atoms with van der Waals surface area (Å²) >= 11 is 0. The molecule has 0 aliphatic heterocycles. The first-order valence-corrected chi connectivity index (χ1v) is 6.67. The third-order valence-electron chi connectivity index (χ3n) is 2.35. The van der Waals surface area contributed by atoms with Crippen LogP contribution in [0.25, 0.3) is 0 Å². The van der Waals surface area contributed by atoms with Gasteiger partial charge in [-0.1, -0.05) is 0 Å². The zero-order valence-corrected chi connectivity index (χ0v) is 13.8. The van der Waals surface area contributed by atoms with E-state index in [0.29, 0.717) is 11.6 Å². The first kappa shape index (κ1) is 25.1. The topological polar surface area (TPSA) is 261 Å². The van der Waals surface area contributed by atoms with Gasteiger partial charge < -0.3 is 32.3 Å². The SMILES string of the molecule is Nc1cc[nH+]c(=O)[nH]1.Nc1ccnc(=O)[nH]1.O.O.O=C([O-])c1ccncc1. The van der Waals surface area contributed by atoms with Gasteiger partial charge >= 0.3 is 11.4 Å². The zero-order chi connectivity index (χ0) is 18.7. The second kappa shape index (κ2) is 13.2. The Morgan fingerprint density at radius 2 is 1.56 bits per heavy atom. The van der Waals surface area contributed by atoms with E-state index < -0.39 is 11.7 Å². The van der Waals surface area contributed by atoms with Gasteiger partial charge in [0, 0.05) is 30.2 Å². The summed E-state index contributed by atoms with van der Waals surface area (Å²) in [6.07, 6.45) is 5.65. The Labute approximate surface area is 151 Å². The molecule has 3 heterocycles. The summed E-state index contributed by atoms with van der Waals surface area (Å²) in [7, 11) is 0. The molecule has 0 fully saturated rings. The number of nitrogen functional groups attached to an aromatic ring is 2. The molecular weight excluding hydrogens is 362 g/mol. The maximum absolute atomic E-state index is 10.3. The minimum atomic E-state index is -1.17.